The van der Waals surface area contributed by atoms with Gasteiger partial charge in [-0.1, -0.05) is 66.2 Å². The Morgan fingerprint density at radius 2 is 1.73 bits per heavy atom. The Balaban J connectivity index is 1.82. The number of benzene rings is 3. The SMILES string of the molecule is Cc1ccc2c(c1)CCN(C(=O)c1ccccc1F)C2c1ccccc1. The second-order valence-corrected chi connectivity index (χ2v) is 6.74. The zero-order valence-electron chi connectivity index (χ0n) is 14.7. The number of nitrogens with zero attached hydrogens (tertiary/aromatic N) is 1. The summed E-state index contributed by atoms with van der Waals surface area (Å²) >= 11 is 0. The van der Waals surface area contributed by atoms with Crippen LogP contribution >= 0.6 is 0 Å². The molecule has 0 aliphatic carbocycles. The summed E-state index contributed by atoms with van der Waals surface area (Å²) in [5.41, 5.74) is 4.77. The van der Waals surface area contributed by atoms with Crippen molar-refractivity contribution in [2.75, 3.05) is 6.54 Å². The Morgan fingerprint density at radius 1 is 1.00 bits per heavy atom. The number of halogens is 1. The molecule has 0 aromatic heterocycles. The molecule has 1 aliphatic rings. The highest BCUT2D eigenvalue weighted by atomic mass is 19.1. The van der Waals surface area contributed by atoms with Gasteiger partial charge in [0, 0.05) is 6.54 Å². The molecule has 1 amide bonds. The lowest BCUT2D eigenvalue weighted by Crippen LogP contribution is -2.41. The van der Waals surface area contributed by atoms with Crippen LogP contribution in [0.3, 0.4) is 0 Å². The first-order chi connectivity index (χ1) is 12.6. The van der Waals surface area contributed by atoms with Crippen LogP contribution in [0.2, 0.25) is 0 Å². The van der Waals surface area contributed by atoms with Gasteiger partial charge in [0.1, 0.15) is 5.82 Å². The second kappa shape index (κ2) is 6.75. The van der Waals surface area contributed by atoms with E-state index in [0.717, 1.165) is 17.5 Å². The molecule has 4 rings (SSSR count). The number of aryl methyl sites for hydroxylation is 1. The van der Waals surface area contributed by atoms with E-state index in [4.69, 9.17) is 0 Å². The van der Waals surface area contributed by atoms with Gasteiger partial charge >= 0.3 is 0 Å². The molecule has 0 bridgehead atoms. The van der Waals surface area contributed by atoms with Crippen molar-refractivity contribution in [3.05, 3.63) is 106 Å². The summed E-state index contributed by atoms with van der Waals surface area (Å²) < 4.78 is 14.2. The molecule has 0 saturated carbocycles. The van der Waals surface area contributed by atoms with E-state index in [2.05, 4.69) is 25.1 Å². The minimum absolute atomic E-state index is 0.129. The topological polar surface area (TPSA) is 20.3 Å². The highest BCUT2D eigenvalue weighted by Gasteiger charge is 2.33. The van der Waals surface area contributed by atoms with Crippen molar-refractivity contribution < 1.29 is 9.18 Å². The van der Waals surface area contributed by atoms with Gasteiger partial charge in [-0.2, -0.15) is 0 Å². The van der Waals surface area contributed by atoms with Gasteiger partial charge in [0.25, 0.3) is 5.91 Å². The molecular formula is C23H20FNO. The predicted octanol–water partition coefficient (Wildman–Crippen LogP) is 4.92. The van der Waals surface area contributed by atoms with Crippen LogP contribution in [0.5, 0.6) is 0 Å². The Bertz CT molecular complexity index is 951. The van der Waals surface area contributed by atoms with E-state index in [1.807, 2.05) is 30.3 Å². The Kier molecular flexibility index (Phi) is 4.29. The van der Waals surface area contributed by atoms with E-state index in [9.17, 15) is 9.18 Å². The predicted molar refractivity (Wildman–Crippen MR) is 101 cm³/mol. The summed E-state index contributed by atoms with van der Waals surface area (Å²) in [4.78, 5) is 15.0. The molecule has 0 radical (unpaired) electrons. The van der Waals surface area contributed by atoms with Crippen molar-refractivity contribution in [1.29, 1.82) is 0 Å². The molecule has 3 aromatic carbocycles. The fraction of sp³-hybridized carbons (Fsp3) is 0.174. The van der Waals surface area contributed by atoms with Crippen molar-refractivity contribution >= 4 is 5.91 Å². The molecule has 2 nitrogen and oxygen atoms in total. The Hall–Kier alpha value is -2.94. The lowest BCUT2D eigenvalue weighted by atomic mass is 9.87. The van der Waals surface area contributed by atoms with Crippen LogP contribution in [0, 0.1) is 12.7 Å². The van der Waals surface area contributed by atoms with Crippen molar-refractivity contribution in [2.24, 2.45) is 0 Å². The summed E-state index contributed by atoms with van der Waals surface area (Å²) in [5, 5.41) is 0. The average molecular weight is 345 g/mol. The number of hydrogen-bond donors (Lipinski definition) is 0. The fourth-order valence-corrected chi connectivity index (χ4v) is 3.76. The molecule has 0 fully saturated rings. The number of hydrogen-bond acceptors (Lipinski definition) is 1. The molecular weight excluding hydrogens is 325 g/mol. The lowest BCUT2D eigenvalue weighted by molar-refractivity contribution is 0.0690. The zero-order chi connectivity index (χ0) is 18.1. The Morgan fingerprint density at radius 3 is 2.50 bits per heavy atom. The maximum atomic E-state index is 14.2. The number of carbonyl (C=O) groups is 1. The molecule has 0 spiro atoms. The monoisotopic (exact) mass is 345 g/mol. The zero-order valence-corrected chi connectivity index (χ0v) is 14.7. The highest BCUT2D eigenvalue weighted by Crippen LogP contribution is 2.36. The quantitative estimate of drug-likeness (QED) is 0.645. The Labute approximate surface area is 152 Å². The summed E-state index contributed by atoms with van der Waals surface area (Å²) in [6.45, 7) is 2.65. The molecule has 26 heavy (non-hydrogen) atoms. The van der Waals surface area contributed by atoms with Gasteiger partial charge in [-0.3, -0.25) is 4.79 Å². The summed E-state index contributed by atoms with van der Waals surface area (Å²) in [7, 11) is 0. The molecule has 130 valence electrons. The van der Waals surface area contributed by atoms with E-state index in [1.54, 1.807) is 23.1 Å². The normalized spacial score (nSPS) is 16.2. The van der Waals surface area contributed by atoms with Gasteiger partial charge in [0.05, 0.1) is 11.6 Å². The molecule has 1 atom stereocenters. The molecule has 1 aliphatic heterocycles. The summed E-state index contributed by atoms with van der Waals surface area (Å²) in [6.07, 6.45) is 0.778. The third-order valence-electron chi connectivity index (χ3n) is 5.01. The van der Waals surface area contributed by atoms with Gasteiger partial charge in [-0.25, -0.2) is 4.39 Å². The minimum Gasteiger partial charge on any atom is -0.327 e. The minimum atomic E-state index is -0.473. The van der Waals surface area contributed by atoms with Crippen LogP contribution in [0.15, 0.2) is 72.8 Å². The molecule has 3 heteroatoms. The van der Waals surface area contributed by atoms with Gasteiger partial charge in [0.15, 0.2) is 0 Å². The van der Waals surface area contributed by atoms with Crippen LogP contribution in [-0.4, -0.2) is 17.4 Å². The third-order valence-corrected chi connectivity index (χ3v) is 5.01. The maximum Gasteiger partial charge on any atom is 0.257 e. The van der Waals surface area contributed by atoms with E-state index >= 15 is 0 Å². The number of amides is 1. The first-order valence-corrected chi connectivity index (χ1v) is 8.85. The van der Waals surface area contributed by atoms with Crippen LogP contribution in [0.25, 0.3) is 0 Å². The van der Waals surface area contributed by atoms with Crippen molar-refractivity contribution in [1.82, 2.24) is 4.90 Å². The van der Waals surface area contributed by atoms with E-state index < -0.39 is 5.82 Å². The molecule has 3 aromatic rings. The first-order valence-electron chi connectivity index (χ1n) is 8.85. The molecule has 1 unspecified atom stereocenters. The van der Waals surface area contributed by atoms with Gasteiger partial charge in [0.2, 0.25) is 0 Å². The van der Waals surface area contributed by atoms with Crippen LogP contribution in [-0.2, 0) is 6.42 Å². The summed E-state index contributed by atoms with van der Waals surface area (Å²) in [5.74, 6) is -0.734. The highest BCUT2D eigenvalue weighted by molar-refractivity contribution is 5.95. The summed E-state index contributed by atoms with van der Waals surface area (Å²) in [6, 6.07) is 22.3. The third kappa shape index (κ3) is 2.90. The molecule has 0 N–H and O–H groups in total. The maximum absolute atomic E-state index is 14.2. The fourth-order valence-electron chi connectivity index (χ4n) is 3.76. The molecule has 1 heterocycles. The van der Waals surface area contributed by atoms with Crippen molar-refractivity contribution in [2.45, 2.75) is 19.4 Å². The molecule has 0 saturated heterocycles. The second-order valence-electron chi connectivity index (χ2n) is 6.74. The lowest BCUT2D eigenvalue weighted by Gasteiger charge is -2.38. The van der Waals surface area contributed by atoms with Gasteiger partial charge in [-0.05, 0) is 42.2 Å². The standard InChI is InChI=1S/C23H20FNO/c1-16-11-12-19-18(15-16)13-14-25(22(19)17-7-3-2-4-8-17)23(26)20-9-5-6-10-21(20)24/h2-12,15,22H,13-14H2,1H3. The smallest absolute Gasteiger partial charge is 0.257 e. The van der Waals surface area contributed by atoms with Gasteiger partial charge in [-0.15, -0.1) is 0 Å². The number of carbonyl (C=O) groups excluding carboxylic acids is 1. The van der Waals surface area contributed by atoms with E-state index in [-0.39, 0.29) is 17.5 Å². The van der Waals surface area contributed by atoms with E-state index in [0.29, 0.717) is 6.54 Å². The van der Waals surface area contributed by atoms with Crippen LogP contribution < -0.4 is 0 Å². The van der Waals surface area contributed by atoms with Crippen molar-refractivity contribution in [3.8, 4) is 0 Å². The number of fused-ring (bicyclic) bond motifs is 1. The number of rotatable bonds is 2. The van der Waals surface area contributed by atoms with E-state index in [1.165, 1.54) is 17.2 Å². The van der Waals surface area contributed by atoms with Gasteiger partial charge < -0.3 is 4.90 Å². The van der Waals surface area contributed by atoms with Crippen LogP contribution in [0.1, 0.15) is 38.7 Å². The van der Waals surface area contributed by atoms with Crippen molar-refractivity contribution in [3.63, 3.8) is 0 Å². The van der Waals surface area contributed by atoms with Crippen LogP contribution in [0.4, 0.5) is 4.39 Å². The average Bonchev–Trinajstić information content (AvgIpc) is 2.67. The largest absolute Gasteiger partial charge is 0.327 e. The first kappa shape index (κ1) is 16.5.